The summed E-state index contributed by atoms with van der Waals surface area (Å²) in [5, 5.41) is 9.88. The molecule has 0 spiro atoms. The van der Waals surface area contributed by atoms with E-state index in [-0.39, 0.29) is 61.0 Å². The molecule has 2 atom stereocenters. The van der Waals surface area contributed by atoms with Crippen LogP contribution in [-0.4, -0.2) is 61.6 Å². The average Bonchev–Trinajstić information content (AvgIpc) is 3.24. The number of aryl methyl sites for hydroxylation is 1. The van der Waals surface area contributed by atoms with Gasteiger partial charge in [0.1, 0.15) is 11.6 Å². The lowest BCUT2D eigenvalue weighted by Crippen LogP contribution is -2.54. The van der Waals surface area contributed by atoms with E-state index in [4.69, 9.17) is 0 Å². The standard InChI is InChI=1S/C28H29F7N2O5S/c1-2-11-36-16-17(13-25(36)39)12-22(38)15-21-7-3-18-14-19(26(40,27(30,31)32)28(33,34)35)4-10-24(18)37(21)43(41,42)23-8-5-20(29)6-9-23/h4-6,8-10,14,17,21,40H,2-3,7,11-13,15-16H2,1H3/t17?,21-/m0/s1. The highest BCUT2D eigenvalue weighted by Crippen LogP contribution is 2.51. The molecule has 1 amide bonds. The summed E-state index contributed by atoms with van der Waals surface area (Å²) in [4.78, 5) is 26.6. The van der Waals surface area contributed by atoms with Gasteiger partial charge in [0.25, 0.3) is 15.6 Å². The van der Waals surface area contributed by atoms with Crippen LogP contribution in [0.1, 0.15) is 50.2 Å². The summed E-state index contributed by atoms with van der Waals surface area (Å²) in [6.45, 7) is 2.80. The van der Waals surface area contributed by atoms with Crippen LogP contribution in [0.15, 0.2) is 47.4 Å². The molecule has 1 N–H and O–H groups in total. The van der Waals surface area contributed by atoms with Crippen molar-refractivity contribution in [2.24, 2.45) is 5.92 Å². The third-order valence-electron chi connectivity index (χ3n) is 7.77. The highest BCUT2D eigenvalue weighted by Gasteiger charge is 2.71. The minimum absolute atomic E-state index is 0.0249. The molecular formula is C28H29F7N2O5S. The first-order valence-electron chi connectivity index (χ1n) is 13.5. The van der Waals surface area contributed by atoms with Gasteiger partial charge in [-0.1, -0.05) is 19.1 Å². The Hall–Kier alpha value is -3.20. The Labute approximate surface area is 243 Å². The number of amides is 1. The number of halogens is 7. The number of aliphatic hydroxyl groups is 1. The number of hydrogen-bond acceptors (Lipinski definition) is 5. The molecule has 0 aliphatic carbocycles. The number of rotatable bonds is 9. The zero-order valence-electron chi connectivity index (χ0n) is 22.9. The van der Waals surface area contributed by atoms with Gasteiger partial charge < -0.3 is 10.0 Å². The first kappa shape index (κ1) is 32.7. The molecule has 1 fully saturated rings. The maximum atomic E-state index is 13.8. The van der Waals surface area contributed by atoms with Crippen molar-refractivity contribution in [3.63, 3.8) is 0 Å². The fourth-order valence-corrected chi connectivity index (χ4v) is 7.44. The lowest BCUT2D eigenvalue weighted by molar-refractivity contribution is -0.376. The Morgan fingerprint density at radius 3 is 2.21 bits per heavy atom. The second-order valence-electron chi connectivity index (χ2n) is 10.9. The monoisotopic (exact) mass is 638 g/mol. The number of nitrogens with zero attached hydrogens (tertiary/aromatic N) is 2. The van der Waals surface area contributed by atoms with Gasteiger partial charge in [-0.15, -0.1) is 0 Å². The van der Waals surface area contributed by atoms with E-state index in [2.05, 4.69) is 0 Å². The van der Waals surface area contributed by atoms with Crippen LogP contribution in [0, 0.1) is 11.7 Å². The molecule has 7 nitrogen and oxygen atoms in total. The summed E-state index contributed by atoms with van der Waals surface area (Å²) >= 11 is 0. The number of sulfonamides is 1. The third kappa shape index (κ3) is 6.24. The van der Waals surface area contributed by atoms with Crippen LogP contribution in [0.4, 0.5) is 36.4 Å². The van der Waals surface area contributed by atoms with Crippen molar-refractivity contribution >= 4 is 27.4 Å². The normalized spacial score (nSPS) is 20.0. The molecule has 2 aromatic rings. The van der Waals surface area contributed by atoms with Crippen LogP contribution in [0.25, 0.3) is 0 Å². The summed E-state index contributed by atoms with van der Waals surface area (Å²) in [7, 11) is -4.60. The maximum absolute atomic E-state index is 13.8. The van der Waals surface area contributed by atoms with Crippen molar-refractivity contribution in [1.82, 2.24) is 4.90 Å². The molecule has 0 saturated carbocycles. The average molecular weight is 639 g/mol. The van der Waals surface area contributed by atoms with E-state index in [1.54, 1.807) is 4.90 Å². The topological polar surface area (TPSA) is 95.0 Å². The van der Waals surface area contributed by atoms with E-state index in [9.17, 15) is 53.8 Å². The third-order valence-corrected chi connectivity index (χ3v) is 9.65. The molecule has 1 saturated heterocycles. The van der Waals surface area contributed by atoms with Gasteiger partial charge in [-0.2, -0.15) is 26.3 Å². The Morgan fingerprint density at radius 2 is 1.63 bits per heavy atom. The summed E-state index contributed by atoms with van der Waals surface area (Å²) in [5.74, 6) is -1.50. The van der Waals surface area contributed by atoms with E-state index >= 15 is 0 Å². The number of fused-ring (bicyclic) bond motifs is 1. The van der Waals surface area contributed by atoms with E-state index in [1.165, 1.54) is 0 Å². The van der Waals surface area contributed by atoms with E-state index < -0.39 is 50.3 Å². The zero-order chi connectivity index (χ0) is 32.0. The smallest absolute Gasteiger partial charge is 0.369 e. The van der Waals surface area contributed by atoms with Crippen LogP contribution in [-0.2, 0) is 31.6 Å². The number of hydrogen-bond donors (Lipinski definition) is 1. The van der Waals surface area contributed by atoms with Crippen LogP contribution in [0.5, 0.6) is 0 Å². The number of anilines is 1. The predicted octanol–water partition coefficient (Wildman–Crippen LogP) is 5.26. The van der Waals surface area contributed by atoms with Crippen molar-refractivity contribution in [1.29, 1.82) is 0 Å². The SMILES string of the molecule is CCCN1CC(CC(=O)C[C@@H]2CCc3cc(C(O)(C(F)(F)F)C(F)(F)F)ccc3N2S(=O)(=O)c2ccc(F)cc2)CC1=O. The maximum Gasteiger partial charge on any atom is 0.430 e. The molecular weight excluding hydrogens is 609 g/mol. The van der Waals surface area contributed by atoms with Gasteiger partial charge in [0, 0.05) is 37.9 Å². The fourth-order valence-electron chi connectivity index (χ4n) is 5.73. The first-order chi connectivity index (χ1) is 19.9. The lowest BCUT2D eigenvalue weighted by atomic mass is 9.87. The van der Waals surface area contributed by atoms with Crippen molar-refractivity contribution in [3.8, 4) is 0 Å². The number of carbonyl (C=O) groups is 2. The number of benzene rings is 2. The number of likely N-dealkylation sites (tertiary alicyclic amines) is 1. The molecule has 2 heterocycles. The summed E-state index contributed by atoms with van der Waals surface area (Å²) in [5.41, 5.74) is -7.25. The van der Waals surface area contributed by atoms with Gasteiger partial charge in [0.2, 0.25) is 5.91 Å². The van der Waals surface area contributed by atoms with Gasteiger partial charge in [0.05, 0.1) is 16.6 Å². The van der Waals surface area contributed by atoms with Gasteiger partial charge >= 0.3 is 12.4 Å². The molecule has 43 heavy (non-hydrogen) atoms. The molecule has 0 bridgehead atoms. The van der Waals surface area contributed by atoms with E-state index in [0.717, 1.165) is 41.1 Å². The first-order valence-corrected chi connectivity index (χ1v) is 14.9. The van der Waals surface area contributed by atoms with Crippen LogP contribution in [0.2, 0.25) is 0 Å². The van der Waals surface area contributed by atoms with Crippen molar-refractivity contribution < 1.29 is 53.8 Å². The van der Waals surface area contributed by atoms with Crippen LogP contribution >= 0.6 is 0 Å². The lowest BCUT2D eigenvalue weighted by Gasteiger charge is -2.39. The number of ketones is 1. The number of alkyl halides is 6. The summed E-state index contributed by atoms with van der Waals surface area (Å²) < 4.78 is 123. The highest BCUT2D eigenvalue weighted by molar-refractivity contribution is 7.92. The Kier molecular flexibility index (Phi) is 8.91. The Bertz CT molecular complexity index is 1460. The highest BCUT2D eigenvalue weighted by atomic mass is 32.2. The summed E-state index contributed by atoms with van der Waals surface area (Å²) in [6.07, 6.45) is -12.1. The second kappa shape index (κ2) is 11.7. The van der Waals surface area contributed by atoms with Gasteiger partial charge in [-0.05, 0) is 61.1 Å². The van der Waals surface area contributed by atoms with Crippen LogP contribution in [0.3, 0.4) is 0 Å². The van der Waals surface area contributed by atoms with Crippen molar-refractivity contribution in [3.05, 3.63) is 59.4 Å². The zero-order valence-corrected chi connectivity index (χ0v) is 23.7. The summed E-state index contributed by atoms with van der Waals surface area (Å²) in [6, 6.07) is 4.12. The molecule has 2 aliphatic rings. The second-order valence-corrected chi connectivity index (χ2v) is 12.7. The molecule has 1 unspecified atom stereocenters. The minimum Gasteiger partial charge on any atom is -0.369 e. The predicted molar refractivity (Wildman–Crippen MR) is 140 cm³/mol. The van der Waals surface area contributed by atoms with Crippen molar-refractivity contribution in [2.45, 2.75) is 74.3 Å². The quantitative estimate of drug-likeness (QED) is 0.379. The van der Waals surface area contributed by atoms with Crippen LogP contribution < -0.4 is 4.31 Å². The number of Topliss-reactive ketones (excluding diaryl/α,β-unsaturated/α-hetero) is 1. The fraction of sp³-hybridized carbons (Fsp3) is 0.500. The van der Waals surface area contributed by atoms with Gasteiger partial charge in [-0.3, -0.25) is 13.9 Å². The molecule has 0 aromatic heterocycles. The molecule has 236 valence electrons. The van der Waals surface area contributed by atoms with E-state index in [0.29, 0.717) is 25.2 Å². The van der Waals surface area contributed by atoms with Crippen molar-refractivity contribution in [2.75, 3.05) is 17.4 Å². The number of carbonyl (C=O) groups excluding carboxylic acids is 2. The minimum atomic E-state index is -6.14. The Balaban J connectivity index is 1.71. The van der Waals surface area contributed by atoms with Gasteiger partial charge in [0.15, 0.2) is 0 Å². The molecule has 0 radical (unpaired) electrons. The molecule has 4 rings (SSSR count). The largest absolute Gasteiger partial charge is 0.430 e. The van der Waals surface area contributed by atoms with Gasteiger partial charge in [-0.25, -0.2) is 12.8 Å². The molecule has 15 heteroatoms. The van der Waals surface area contributed by atoms with E-state index in [1.807, 2.05) is 6.92 Å². The Morgan fingerprint density at radius 1 is 1.00 bits per heavy atom. The molecule has 2 aliphatic heterocycles. The molecule has 2 aromatic carbocycles.